The Labute approximate surface area is 140 Å². The van der Waals surface area contributed by atoms with Gasteiger partial charge in [-0.1, -0.05) is 18.2 Å². The maximum Gasteiger partial charge on any atom is 0.265 e. The third-order valence-electron chi connectivity index (χ3n) is 4.19. The summed E-state index contributed by atoms with van der Waals surface area (Å²) in [6.45, 7) is 1.64. The molecule has 0 heterocycles. The van der Waals surface area contributed by atoms with Gasteiger partial charge >= 0.3 is 0 Å². The molecular weight excluding hydrogens is 304 g/mol. The van der Waals surface area contributed by atoms with Gasteiger partial charge in [0, 0.05) is 5.69 Å². The monoisotopic (exact) mass is 324 g/mol. The Bertz CT molecular complexity index is 786. The molecular formula is C19H20N2O3. The van der Waals surface area contributed by atoms with Gasteiger partial charge < -0.3 is 15.8 Å². The van der Waals surface area contributed by atoms with E-state index in [1.807, 2.05) is 12.1 Å². The number of primary amides is 1. The lowest BCUT2D eigenvalue weighted by Crippen LogP contribution is -2.31. The fourth-order valence-electron chi connectivity index (χ4n) is 2.91. The van der Waals surface area contributed by atoms with Crippen LogP contribution in [-0.2, 0) is 17.6 Å². The molecule has 0 aromatic heterocycles. The van der Waals surface area contributed by atoms with E-state index in [-0.39, 0.29) is 11.5 Å². The lowest BCUT2D eigenvalue weighted by molar-refractivity contribution is -0.122. The number of fused-ring (bicyclic) bond motifs is 1. The molecule has 124 valence electrons. The summed E-state index contributed by atoms with van der Waals surface area (Å²) < 4.78 is 5.62. The molecule has 1 atom stereocenters. The molecule has 2 amide bonds. The minimum Gasteiger partial charge on any atom is -0.480 e. The van der Waals surface area contributed by atoms with E-state index in [2.05, 4.69) is 11.4 Å². The fraction of sp³-hybridized carbons (Fsp3) is 0.263. The highest BCUT2D eigenvalue weighted by molar-refractivity contribution is 5.96. The highest BCUT2D eigenvalue weighted by Crippen LogP contribution is 2.25. The number of nitrogens with two attached hydrogens (primary N) is 1. The quantitative estimate of drug-likeness (QED) is 0.887. The molecule has 5 nitrogen and oxygen atoms in total. The topological polar surface area (TPSA) is 81.4 Å². The summed E-state index contributed by atoms with van der Waals surface area (Å²) >= 11 is 0. The van der Waals surface area contributed by atoms with Gasteiger partial charge in [-0.25, -0.2) is 0 Å². The summed E-state index contributed by atoms with van der Waals surface area (Å²) in [7, 11) is 0. The zero-order chi connectivity index (χ0) is 17.1. The van der Waals surface area contributed by atoms with Crippen molar-refractivity contribution >= 4 is 17.5 Å². The molecule has 2 aromatic rings. The van der Waals surface area contributed by atoms with Crippen molar-refractivity contribution in [2.75, 3.05) is 5.32 Å². The second kappa shape index (κ2) is 6.74. The lowest BCUT2D eigenvalue weighted by Gasteiger charge is -2.16. The number of ether oxygens (including phenoxy) is 1. The molecule has 0 bridgehead atoms. The second-order valence-electron chi connectivity index (χ2n) is 5.95. The third-order valence-corrected chi connectivity index (χ3v) is 4.19. The van der Waals surface area contributed by atoms with Crippen molar-refractivity contribution in [3.63, 3.8) is 0 Å². The minimum absolute atomic E-state index is 0.259. The average Bonchev–Trinajstić information content (AvgIpc) is 3.02. The first-order valence-corrected chi connectivity index (χ1v) is 8.03. The molecule has 0 saturated carbocycles. The highest BCUT2D eigenvalue weighted by atomic mass is 16.5. The zero-order valence-corrected chi connectivity index (χ0v) is 13.5. The molecule has 0 spiro atoms. The van der Waals surface area contributed by atoms with Crippen LogP contribution in [0.3, 0.4) is 0 Å². The fourth-order valence-corrected chi connectivity index (χ4v) is 2.91. The molecule has 0 aliphatic heterocycles. The highest BCUT2D eigenvalue weighted by Gasteiger charge is 2.19. The van der Waals surface area contributed by atoms with Crippen molar-refractivity contribution < 1.29 is 14.3 Å². The first kappa shape index (κ1) is 16.1. The van der Waals surface area contributed by atoms with E-state index >= 15 is 0 Å². The number of amides is 2. The Balaban J connectivity index is 1.68. The molecule has 24 heavy (non-hydrogen) atoms. The third kappa shape index (κ3) is 3.40. The maximum absolute atomic E-state index is 12.3. The number of benzene rings is 2. The van der Waals surface area contributed by atoms with Gasteiger partial charge in [-0.3, -0.25) is 9.59 Å². The summed E-state index contributed by atoms with van der Waals surface area (Å²) in [5.41, 5.74) is 8.99. The number of carbonyl (C=O) groups is 2. The number of hydrogen-bond donors (Lipinski definition) is 2. The van der Waals surface area contributed by atoms with Gasteiger partial charge in [-0.15, -0.1) is 0 Å². The Morgan fingerprint density at radius 3 is 2.67 bits per heavy atom. The molecule has 5 heteroatoms. The summed E-state index contributed by atoms with van der Waals surface area (Å²) in [5, 5.41) is 2.86. The number of aryl methyl sites for hydroxylation is 2. The number of hydrogen-bond acceptors (Lipinski definition) is 3. The number of carbonyl (C=O) groups excluding carboxylic acids is 2. The van der Waals surface area contributed by atoms with Gasteiger partial charge in [0.05, 0.1) is 5.56 Å². The van der Waals surface area contributed by atoms with Crippen molar-refractivity contribution in [2.45, 2.75) is 32.3 Å². The first-order chi connectivity index (χ1) is 11.5. The van der Waals surface area contributed by atoms with Crippen LogP contribution in [0.4, 0.5) is 5.69 Å². The number of para-hydroxylation sites is 1. The average molecular weight is 324 g/mol. The van der Waals surface area contributed by atoms with Gasteiger partial charge in [0.1, 0.15) is 5.75 Å². The normalized spacial score (nSPS) is 13.9. The van der Waals surface area contributed by atoms with Gasteiger partial charge in [0.2, 0.25) is 0 Å². The predicted octanol–water partition coefficient (Wildman–Crippen LogP) is 2.68. The van der Waals surface area contributed by atoms with Crippen molar-refractivity contribution in [1.29, 1.82) is 0 Å². The predicted molar refractivity (Wildman–Crippen MR) is 92.1 cm³/mol. The molecule has 0 unspecified atom stereocenters. The Morgan fingerprint density at radius 1 is 1.12 bits per heavy atom. The Morgan fingerprint density at radius 2 is 1.88 bits per heavy atom. The van der Waals surface area contributed by atoms with Crippen molar-refractivity contribution in [3.8, 4) is 5.75 Å². The van der Waals surface area contributed by atoms with Gasteiger partial charge in [0.15, 0.2) is 6.10 Å². The van der Waals surface area contributed by atoms with Gasteiger partial charge in [-0.2, -0.15) is 0 Å². The molecule has 1 aliphatic rings. The number of anilines is 1. The van der Waals surface area contributed by atoms with E-state index < -0.39 is 12.0 Å². The first-order valence-electron chi connectivity index (χ1n) is 8.03. The van der Waals surface area contributed by atoms with Crippen molar-refractivity contribution in [1.82, 2.24) is 0 Å². The van der Waals surface area contributed by atoms with Crippen molar-refractivity contribution in [3.05, 3.63) is 59.2 Å². The molecule has 3 rings (SSSR count). The Kier molecular flexibility index (Phi) is 4.51. The van der Waals surface area contributed by atoms with Crippen LogP contribution >= 0.6 is 0 Å². The standard InChI is InChI=1S/C19H20N2O3/c1-12(24-17-8-3-2-7-16(17)18(20)22)19(23)21-15-10-9-13-5-4-6-14(13)11-15/h2-3,7-12H,4-6H2,1H3,(H2,20,22)(H,21,23)/t12-/m1/s1. The maximum atomic E-state index is 12.3. The van der Waals surface area contributed by atoms with E-state index in [1.54, 1.807) is 31.2 Å². The molecule has 1 aliphatic carbocycles. The number of rotatable bonds is 5. The van der Waals surface area contributed by atoms with E-state index in [9.17, 15) is 9.59 Å². The van der Waals surface area contributed by atoms with E-state index in [0.717, 1.165) is 24.9 Å². The van der Waals surface area contributed by atoms with Crippen LogP contribution in [0, 0.1) is 0 Å². The van der Waals surface area contributed by atoms with Gasteiger partial charge in [0.25, 0.3) is 11.8 Å². The SMILES string of the molecule is C[C@@H](Oc1ccccc1C(N)=O)C(=O)Nc1ccc2c(c1)CCC2. The van der Waals surface area contributed by atoms with E-state index in [0.29, 0.717) is 5.75 Å². The van der Waals surface area contributed by atoms with Crippen LogP contribution in [0.25, 0.3) is 0 Å². The van der Waals surface area contributed by atoms with E-state index in [4.69, 9.17) is 10.5 Å². The van der Waals surface area contributed by atoms with Crippen LogP contribution in [0.5, 0.6) is 5.75 Å². The van der Waals surface area contributed by atoms with Crippen LogP contribution in [0.2, 0.25) is 0 Å². The van der Waals surface area contributed by atoms with E-state index in [1.165, 1.54) is 11.1 Å². The molecule has 0 radical (unpaired) electrons. The van der Waals surface area contributed by atoms with Crippen LogP contribution in [0.15, 0.2) is 42.5 Å². The van der Waals surface area contributed by atoms with Crippen molar-refractivity contribution in [2.24, 2.45) is 5.73 Å². The molecule has 0 fully saturated rings. The summed E-state index contributed by atoms with van der Waals surface area (Å²) in [6.07, 6.45) is 2.57. The Hall–Kier alpha value is -2.82. The molecule has 2 aromatic carbocycles. The summed E-state index contributed by atoms with van der Waals surface area (Å²) in [6, 6.07) is 12.6. The van der Waals surface area contributed by atoms with Crippen LogP contribution < -0.4 is 15.8 Å². The minimum atomic E-state index is -0.751. The molecule has 3 N–H and O–H groups in total. The largest absolute Gasteiger partial charge is 0.480 e. The van der Waals surface area contributed by atoms with Gasteiger partial charge in [-0.05, 0) is 61.6 Å². The van der Waals surface area contributed by atoms with Crippen LogP contribution in [-0.4, -0.2) is 17.9 Å². The lowest BCUT2D eigenvalue weighted by atomic mass is 10.1. The smallest absolute Gasteiger partial charge is 0.265 e. The number of nitrogens with one attached hydrogen (secondary N) is 1. The summed E-state index contributed by atoms with van der Waals surface area (Å²) in [5.74, 6) is -0.550. The zero-order valence-electron chi connectivity index (χ0n) is 13.5. The summed E-state index contributed by atoms with van der Waals surface area (Å²) in [4.78, 5) is 23.8. The second-order valence-corrected chi connectivity index (χ2v) is 5.95. The van der Waals surface area contributed by atoms with Crippen LogP contribution in [0.1, 0.15) is 34.8 Å². The molecule has 0 saturated heterocycles.